The molecular weight excluding hydrogens is 293 g/mol. The van der Waals surface area contributed by atoms with Gasteiger partial charge in [0.2, 0.25) is 0 Å². The van der Waals surface area contributed by atoms with Gasteiger partial charge in [0.25, 0.3) is 5.91 Å². The first-order chi connectivity index (χ1) is 11.0. The van der Waals surface area contributed by atoms with Crippen LogP contribution >= 0.6 is 0 Å². The van der Waals surface area contributed by atoms with Gasteiger partial charge in [-0.15, -0.1) is 0 Å². The fourth-order valence-corrected chi connectivity index (χ4v) is 2.20. The molecule has 0 aliphatic rings. The van der Waals surface area contributed by atoms with Gasteiger partial charge < -0.3 is 10.2 Å². The highest BCUT2D eigenvalue weighted by Gasteiger charge is 2.22. The molecule has 0 bridgehead atoms. The predicted octanol–water partition coefficient (Wildman–Crippen LogP) is 1.74. The number of anilines is 1. The number of quaternary nitrogens is 1. The van der Waals surface area contributed by atoms with Gasteiger partial charge in [-0.2, -0.15) is 5.26 Å². The number of rotatable bonds is 5. The van der Waals surface area contributed by atoms with Crippen LogP contribution in [0.15, 0.2) is 48.5 Å². The van der Waals surface area contributed by atoms with Crippen LogP contribution in [0.3, 0.4) is 0 Å². The molecule has 1 unspecified atom stereocenters. The Bertz CT molecular complexity index is 722. The molecule has 2 rings (SSSR count). The lowest BCUT2D eigenvalue weighted by molar-refractivity contribution is -0.908. The molecule has 0 aliphatic heterocycles. The van der Waals surface area contributed by atoms with E-state index in [9.17, 15) is 9.18 Å². The fourth-order valence-electron chi connectivity index (χ4n) is 2.20. The Morgan fingerprint density at radius 1 is 1.26 bits per heavy atom. The van der Waals surface area contributed by atoms with Crippen LogP contribution in [0.2, 0.25) is 0 Å². The lowest BCUT2D eigenvalue weighted by Gasteiger charge is -2.21. The Labute approximate surface area is 135 Å². The van der Waals surface area contributed by atoms with Gasteiger partial charge in [-0.3, -0.25) is 4.79 Å². The number of likely N-dealkylation sites (N-methyl/N-ethyl adjacent to an activating group) is 1. The topological polar surface area (TPSA) is 57.3 Å². The Hall–Kier alpha value is -2.71. The molecule has 1 amide bonds. The van der Waals surface area contributed by atoms with Crippen LogP contribution in [0.5, 0.6) is 0 Å². The monoisotopic (exact) mass is 312 g/mol. The van der Waals surface area contributed by atoms with E-state index in [1.807, 2.05) is 13.1 Å². The van der Waals surface area contributed by atoms with E-state index in [0.717, 1.165) is 4.90 Å². The summed E-state index contributed by atoms with van der Waals surface area (Å²) in [6.07, 6.45) is 0. The first kappa shape index (κ1) is 16.7. The minimum Gasteiger partial charge on any atom is -0.324 e. The van der Waals surface area contributed by atoms with Crippen molar-refractivity contribution in [1.82, 2.24) is 0 Å². The van der Waals surface area contributed by atoms with Crippen molar-refractivity contribution in [1.29, 1.82) is 5.26 Å². The van der Waals surface area contributed by atoms with Gasteiger partial charge in [0, 0.05) is 11.3 Å². The second-order valence-electron chi connectivity index (χ2n) is 5.51. The van der Waals surface area contributed by atoms with Crippen LogP contribution in [0, 0.1) is 17.1 Å². The third-order valence-corrected chi connectivity index (χ3v) is 3.84. The molecule has 0 heterocycles. The van der Waals surface area contributed by atoms with Gasteiger partial charge in [0.1, 0.15) is 12.4 Å². The number of amides is 1. The zero-order valence-electron chi connectivity index (χ0n) is 13.1. The van der Waals surface area contributed by atoms with Gasteiger partial charge in [0.15, 0.2) is 6.04 Å². The number of hydrogen-bond acceptors (Lipinski definition) is 2. The Morgan fingerprint density at radius 2 is 1.91 bits per heavy atom. The van der Waals surface area contributed by atoms with E-state index in [1.54, 1.807) is 49.4 Å². The molecule has 118 valence electrons. The minimum absolute atomic E-state index is 0.149. The second kappa shape index (κ2) is 7.52. The number of hydrogen-bond donors (Lipinski definition) is 2. The highest BCUT2D eigenvalue weighted by atomic mass is 19.1. The SMILES string of the molecule is C[C@@H](C(=O)Nc1ccc(C#N)cc1)[NH+](C)Cc1ccccc1F. The number of carbonyl (C=O) groups excluding carboxylic acids is 1. The maximum atomic E-state index is 13.7. The van der Waals surface area contributed by atoms with E-state index in [0.29, 0.717) is 23.4 Å². The summed E-state index contributed by atoms with van der Waals surface area (Å²) in [6.45, 7) is 2.23. The average molecular weight is 312 g/mol. The van der Waals surface area contributed by atoms with Crippen LogP contribution in [-0.4, -0.2) is 19.0 Å². The molecule has 0 fully saturated rings. The standard InChI is InChI=1S/C18H18FN3O/c1-13(22(2)12-15-5-3-4-6-17(15)19)18(23)21-16-9-7-14(11-20)8-10-16/h3-10,13H,12H2,1-2H3,(H,21,23)/p+1/t13-/m0/s1. The molecule has 23 heavy (non-hydrogen) atoms. The summed E-state index contributed by atoms with van der Waals surface area (Å²) in [7, 11) is 1.86. The smallest absolute Gasteiger partial charge is 0.282 e. The minimum atomic E-state index is -0.342. The van der Waals surface area contributed by atoms with Crippen molar-refractivity contribution < 1.29 is 14.1 Å². The molecule has 0 aliphatic carbocycles. The maximum absolute atomic E-state index is 13.7. The van der Waals surface area contributed by atoms with Gasteiger partial charge >= 0.3 is 0 Å². The summed E-state index contributed by atoms with van der Waals surface area (Å²) in [6, 6.07) is 14.9. The number of nitrogens with one attached hydrogen (secondary N) is 2. The molecule has 2 aromatic carbocycles. The first-order valence-electron chi connectivity index (χ1n) is 7.38. The zero-order valence-corrected chi connectivity index (χ0v) is 13.1. The molecule has 2 N–H and O–H groups in total. The molecule has 0 saturated carbocycles. The number of benzene rings is 2. The van der Waals surface area contributed by atoms with Crippen molar-refractivity contribution >= 4 is 11.6 Å². The molecule has 0 aromatic heterocycles. The molecule has 2 aromatic rings. The van der Waals surface area contributed by atoms with Crippen molar-refractivity contribution in [3.05, 3.63) is 65.5 Å². The van der Waals surface area contributed by atoms with Crippen LogP contribution in [0.25, 0.3) is 0 Å². The molecule has 4 nitrogen and oxygen atoms in total. The number of nitrogens with zero attached hydrogens (tertiary/aromatic N) is 1. The summed E-state index contributed by atoms with van der Waals surface area (Å²) >= 11 is 0. The van der Waals surface area contributed by atoms with E-state index in [1.165, 1.54) is 6.07 Å². The molecule has 2 atom stereocenters. The van der Waals surface area contributed by atoms with Crippen LogP contribution < -0.4 is 10.2 Å². The zero-order chi connectivity index (χ0) is 16.8. The lowest BCUT2D eigenvalue weighted by Crippen LogP contribution is -3.12. The van der Waals surface area contributed by atoms with E-state index in [4.69, 9.17) is 5.26 Å². The van der Waals surface area contributed by atoms with E-state index >= 15 is 0 Å². The summed E-state index contributed by atoms with van der Waals surface area (Å²) in [5, 5.41) is 11.6. The van der Waals surface area contributed by atoms with Crippen molar-refractivity contribution in [3.8, 4) is 6.07 Å². The van der Waals surface area contributed by atoms with Crippen LogP contribution in [0.1, 0.15) is 18.1 Å². The van der Waals surface area contributed by atoms with Crippen LogP contribution in [0.4, 0.5) is 10.1 Å². The van der Waals surface area contributed by atoms with Gasteiger partial charge in [-0.25, -0.2) is 4.39 Å². The lowest BCUT2D eigenvalue weighted by atomic mass is 10.1. The van der Waals surface area contributed by atoms with Crippen molar-refractivity contribution in [3.63, 3.8) is 0 Å². The molecule has 5 heteroatoms. The molecular formula is C18H19FN3O+. The van der Waals surface area contributed by atoms with Crippen molar-refractivity contribution in [2.24, 2.45) is 0 Å². The molecule has 0 saturated heterocycles. The molecule has 0 radical (unpaired) electrons. The third-order valence-electron chi connectivity index (χ3n) is 3.84. The fraction of sp³-hybridized carbons (Fsp3) is 0.222. The normalized spacial score (nSPS) is 13.0. The number of nitriles is 1. The van der Waals surface area contributed by atoms with Gasteiger partial charge in [0.05, 0.1) is 18.7 Å². The van der Waals surface area contributed by atoms with Crippen molar-refractivity contribution in [2.45, 2.75) is 19.5 Å². The third kappa shape index (κ3) is 4.38. The van der Waals surface area contributed by atoms with E-state index < -0.39 is 0 Å². The summed E-state index contributed by atoms with van der Waals surface area (Å²) < 4.78 is 13.7. The van der Waals surface area contributed by atoms with Crippen LogP contribution in [-0.2, 0) is 11.3 Å². The predicted molar refractivity (Wildman–Crippen MR) is 86.2 cm³/mol. The first-order valence-corrected chi connectivity index (χ1v) is 7.38. The van der Waals surface area contributed by atoms with Gasteiger partial charge in [-0.1, -0.05) is 18.2 Å². The van der Waals surface area contributed by atoms with E-state index in [2.05, 4.69) is 5.32 Å². The second-order valence-corrected chi connectivity index (χ2v) is 5.51. The summed E-state index contributed by atoms with van der Waals surface area (Å²) in [5.41, 5.74) is 1.76. The summed E-state index contributed by atoms with van der Waals surface area (Å²) in [5.74, 6) is -0.407. The quantitative estimate of drug-likeness (QED) is 0.883. The summed E-state index contributed by atoms with van der Waals surface area (Å²) in [4.78, 5) is 13.2. The number of halogens is 1. The van der Waals surface area contributed by atoms with Gasteiger partial charge in [-0.05, 0) is 37.3 Å². The Kier molecular flexibility index (Phi) is 5.45. The molecule has 0 spiro atoms. The van der Waals surface area contributed by atoms with Crippen molar-refractivity contribution in [2.75, 3.05) is 12.4 Å². The highest BCUT2D eigenvalue weighted by molar-refractivity contribution is 5.93. The Balaban J connectivity index is 1.98. The highest BCUT2D eigenvalue weighted by Crippen LogP contribution is 2.09. The largest absolute Gasteiger partial charge is 0.324 e. The number of carbonyl (C=O) groups is 1. The Morgan fingerprint density at radius 3 is 2.52 bits per heavy atom. The maximum Gasteiger partial charge on any atom is 0.282 e. The average Bonchev–Trinajstić information content (AvgIpc) is 2.56. The van der Waals surface area contributed by atoms with E-state index in [-0.39, 0.29) is 17.8 Å².